The molecule has 7 nitrogen and oxygen atoms in total. The number of halogens is 1. The average Bonchev–Trinajstić information content (AvgIpc) is 3.01. The first-order chi connectivity index (χ1) is 14.5. The smallest absolute Gasteiger partial charge is 0.293 e. The highest BCUT2D eigenvalue weighted by atomic mass is 79.9. The summed E-state index contributed by atoms with van der Waals surface area (Å²) in [5, 5.41) is 2.81. The van der Waals surface area contributed by atoms with Crippen LogP contribution in [0.5, 0.6) is 0 Å². The zero-order chi connectivity index (χ0) is 21.5. The number of likely N-dealkylation sites (tertiary alicyclic amines) is 1. The van der Waals surface area contributed by atoms with Gasteiger partial charge in [0.1, 0.15) is 0 Å². The van der Waals surface area contributed by atoms with E-state index < -0.39 is 0 Å². The molecule has 2 aromatic rings. The third-order valence-electron chi connectivity index (χ3n) is 5.18. The molecule has 0 spiro atoms. The van der Waals surface area contributed by atoms with Crippen molar-refractivity contribution in [3.05, 3.63) is 52.4 Å². The Kier molecular flexibility index (Phi) is 7.68. The molecule has 8 heteroatoms. The van der Waals surface area contributed by atoms with Gasteiger partial charge in [0, 0.05) is 33.1 Å². The zero-order valence-electron chi connectivity index (χ0n) is 17.0. The van der Waals surface area contributed by atoms with Crippen molar-refractivity contribution in [1.29, 1.82) is 0 Å². The Morgan fingerprint density at radius 3 is 2.43 bits per heavy atom. The van der Waals surface area contributed by atoms with Crippen LogP contribution < -0.4 is 10.2 Å². The molecule has 0 atom stereocenters. The van der Waals surface area contributed by atoms with Crippen molar-refractivity contribution in [1.82, 2.24) is 10.2 Å². The van der Waals surface area contributed by atoms with Gasteiger partial charge in [-0.2, -0.15) is 0 Å². The second kappa shape index (κ2) is 10.4. The maximum absolute atomic E-state index is 12.7. The van der Waals surface area contributed by atoms with Gasteiger partial charge in [-0.05, 0) is 53.0 Å². The molecule has 1 fully saturated rings. The fourth-order valence-electron chi connectivity index (χ4n) is 3.52. The predicted molar refractivity (Wildman–Crippen MR) is 118 cm³/mol. The number of hydrogen-bond acceptors (Lipinski definition) is 4. The average molecular weight is 476 g/mol. The lowest BCUT2D eigenvalue weighted by Gasteiger charge is -2.21. The molecule has 2 heterocycles. The van der Waals surface area contributed by atoms with Gasteiger partial charge in [-0.15, -0.1) is 0 Å². The first-order valence-electron chi connectivity index (χ1n) is 10.2. The van der Waals surface area contributed by atoms with Crippen LogP contribution in [0.4, 0.5) is 5.69 Å². The number of carbonyl (C=O) groups excluding carboxylic acids is 3. The standard InChI is InChI=1S/C22H26BrN3O4/c1-25(22(29)18-10-11-19(23)30-18)17-9-5-4-8-16(17)21(28)24-13-12-20(27)26-14-6-2-3-7-15-26/h4-5,8-11H,2-3,6-7,12-15H2,1H3,(H,24,28). The summed E-state index contributed by atoms with van der Waals surface area (Å²) in [4.78, 5) is 41.1. The number of para-hydroxylation sites is 1. The van der Waals surface area contributed by atoms with Crippen LogP contribution in [0.15, 0.2) is 45.5 Å². The first-order valence-corrected chi connectivity index (χ1v) is 10.9. The molecule has 1 N–H and O–H groups in total. The van der Waals surface area contributed by atoms with E-state index in [-0.39, 0.29) is 36.4 Å². The quantitative estimate of drug-likeness (QED) is 0.687. The highest BCUT2D eigenvalue weighted by molar-refractivity contribution is 9.10. The van der Waals surface area contributed by atoms with Crippen molar-refractivity contribution in [3.8, 4) is 0 Å². The van der Waals surface area contributed by atoms with Gasteiger partial charge in [0.15, 0.2) is 10.4 Å². The Balaban J connectivity index is 1.61. The monoisotopic (exact) mass is 475 g/mol. The maximum atomic E-state index is 12.7. The lowest BCUT2D eigenvalue weighted by atomic mass is 10.1. The molecule has 1 aromatic carbocycles. The van der Waals surface area contributed by atoms with Crippen molar-refractivity contribution in [2.24, 2.45) is 0 Å². The number of benzene rings is 1. The number of hydrogen-bond donors (Lipinski definition) is 1. The Labute approximate surface area is 184 Å². The van der Waals surface area contributed by atoms with Crippen LogP contribution >= 0.6 is 15.9 Å². The van der Waals surface area contributed by atoms with Crippen molar-refractivity contribution >= 4 is 39.3 Å². The van der Waals surface area contributed by atoms with E-state index in [2.05, 4.69) is 21.2 Å². The van der Waals surface area contributed by atoms with E-state index in [1.54, 1.807) is 43.4 Å². The van der Waals surface area contributed by atoms with Gasteiger partial charge in [0.2, 0.25) is 5.91 Å². The number of amides is 3. The first kappa shape index (κ1) is 22.1. The molecule has 0 bridgehead atoms. The zero-order valence-corrected chi connectivity index (χ0v) is 18.6. The minimum atomic E-state index is -0.364. The Hall–Kier alpha value is -2.61. The van der Waals surface area contributed by atoms with Crippen LogP contribution in [-0.2, 0) is 4.79 Å². The van der Waals surface area contributed by atoms with E-state index in [1.165, 1.54) is 17.7 Å². The van der Waals surface area contributed by atoms with Gasteiger partial charge >= 0.3 is 0 Å². The molecule has 1 aliphatic rings. The van der Waals surface area contributed by atoms with Gasteiger partial charge < -0.3 is 19.5 Å². The maximum Gasteiger partial charge on any atom is 0.293 e. The second-order valence-electron chi connectivity index (χ2n) is 7.29. The third-order valence-corrected chi connectivity index (χ3v) is 5.61. The molecule has 1 saturated heterocycles. The van der Waals surface area contributed by atoms with Crippen molar-refractivity contribution in [2.45, 2.75) is 32.1 Å². The van der Waals surface area contributed by atoms with Crippen LogP contribution in [-0.4, -0.2) is 49.3 Å². The van der Waals surface area contributed by atoms with Gasteiger partial charge in [0.25, 0.3) is 11.8 Å². The lowest BCUT2D eigenvalue weighted by Crippen LogP contribution is -2.35. The van der Waals surface area contributed by atoms with Gasteiger partial charge in [-0.3, -0.25) is 14.4 Å². The normalized spacial score (nSPS) is 14.1. The van der Waals surface area contributed by atoms with E-state index in [0.29, 0.717) is 15.9 Å². The molecule has 0 radical (unpaired) electrons. The number of anilines is 1. The molecule has 0 saturated carbocycles. The highest BCUT2D eigenvalue weighted by Gasteiger charge is 2.22. The molecule has 160 valence electrons. The number of rotatable bonds is 6. The SMILES string of the molecule is CN(C(=O)c1ccc(Br)o1)c1ccccc1C(=O)NCCC(=O)N1CCCCCC1. The van der Waals surface area contributed by atoms with Crippen molar-refractivity contribution in [3.63, 3.8) is 0 Å². The molecule has 0 aliphatic carbocycles. The number of carbonyl (C=O) groups is 3. The van der Waals surface area contributed by atoms with Crippen LogP contribution in [0, 0.1) is 0 Å². The van der Waals surface area contributed by atoms with Crippen LogP contribution in [0.1, 0.15) is 53.0 Å². The molecule has 0 unspecified atom stereocenters. The Morgan fingerprint density at radius 2 is 1.77 bits per heavy atom. The number of furan rings is 1. The van der Waals surface area contributed by atoms with Gasteiger partial charge in [-0.1, -0.05) is 25.0 Å². The molecule has 1 aliphatic heterocycles. The highest BCUT2D eigenvalue weighted by Crippen LogP contribution is 2.23. The van der Waals surface area contributed by atoms with E-state index in [0.717, 1.165) is 25.9 Å². The molecule has 1 aromatic heterocycles. The summed E-state index contributed by atoms with van der Waals surface area (Å²) >= 11 is 3.18. The second-order valence-corrected chi connectivity index (χ2v) is 8.07. The summed E-state index contributed by atoms with van der Waals surface area (Å²) in [5.41, 5.74) is 0.826. The van der Waals surface area contributed by atoms with E-state index in [1.807, 2.05) is 4.90 Å². The predicted octanol–water partition coefficient (Wildman–Crippen LogP) is 3.84. The minimum Gasteiger partial charge on any atom is -0.444 e. The topological polar surface area (TPSA) is 82.9 Å². The summed E-state index contributed by atoms with van der Waals surface area (Å²) < 4.78 is 5.79. The largest absolute Gasteiger partial charge is 0.444 e. The van der Waals surface area contributed by atoms with Crippen molar-refractivity contribution < 1.29 is 18.8 Å². The van der Waals surface area contributed by atoms with Crippen LogP contribution in [0.25, 0.3) is 0 Å². The summed E-state index contributed by atoms with van der Waals surface area (Å²) in [6, 6.07) is 10.1. The number of nitrogens with one attached hydrogen (secondary N) is 1. The van der Waals surface area contributed by atoms with Gasteiger partial charge in [-0.25, -0.2) is 0 Å². The molecule has 30 heavy (non-hydrogen) atoms. The summed E-state index contributed by atoms with van der Waals surface area (Å²) in [6.45, 7) is 1.85. The van der Waals surface area contributed by atoms with Crippen molar-refractivity contribution in [2.75, 3.05) is 31.6 Å². The molecule has 3 amide bonds. The summed E-state index contributed by atoms with van der Waals surface area (Å²) in [7, 11) is 1.59. The van der Waals surface area contributed by atoms with Crippen LogP contribution in [0.3, 0.4) is 0 Å². The molecular formula is C22H26BrN3O4. The van der Waals surface area contributed by atoms with E-state index in [9.17, 15) is 14.4 Å². The Bertz CT molecular complexity index is 903. The third kappa shape index (κ3) is 5.50. The van der Waals surface area contributed by atoms with E-state index >= 15 is 0 Å². The summed E-state index contributed by atoms with van der Waals surface area (Å²) in [6.07, 6.45) is 4.68. The van der Waals surface area contributed by atoms with E-state index in [4.69, 9.17) is 4.42 Å². The Morgan fingerprint density at radius 1 is 1.07 bits per heavy atom. The minimum absolute atomic E-state index is 0.0705. The fourth-order valence-corrected chi connectivity index (χ4v) is 3.82. The van der Waals surface area contributed by atoms with Crippen LogP contribution in [0.2, 0.25) is 0 Å². The number of nitrogens with zero attached hydrogens (tertiary/aromatic N) is 2. The van der Waals surface area contributed by atoms with Gasteiger partial charge in [0.05, 0.1) is 11.3 Å². The lowest BCUT2D eigenvalue weighted by molar-refractivity contribution is -0.131. The fraction of sp³-hybridized carbons (Fsp3) is 0.409. The molecular weight excluding hydrogens is 450 g/mol. The summed E-state index contributed by atoms with van der Waals surface area (Å²) in [5.74, 6) is -0.448. The molecule has 3 rings (SSSR count).